The zero-order chi connectivity index (χ0) is 31.8. The predicted molar refractivity (Wildman–Crippen MR) is 167 cm³/mol. The topological polar surface area (TPSA) is 132 Å². The second-order valence-corrected chi connectivity index (χ2v) is 15.3. The van der Waals surface area contributed by atoms with E-state index >= 15 is 0 Å². The number of thiazole rings is 1. The summed E-state index contributed by atoms with van der Waals surface area (Å²) in [5, 5.41) is 23.5. The minimum absolute atomic E-state index is 0. The van der Waals surface area contributed by atoms with E-state index in [1.807, 2.05) is 23.8 Å². The number of hydrogen-bond acceptors (Lipinski definition) is 7. The Morgan fingerprint density at radius 2 is 1.79 bits per heavy atom. The third-order valence-electron chi connectivity index (χ3n) is 10.7. The summed E-state index contributed by atoms with van der Waals surface area (Å²) in [6.07, 6.45) is 5.20. The summed E-state index contributed by atoms with van der Waals surface area (Å²) in [7, 11) is 0. The predicted octanol–water partition coefficient (Wildman–Crippen LogP) is -5.97. The van der Waals surface area contributed by atoms with Gasteiger partial charge >= 0.3 is 0 Å². The van der Waals surface area contributed by atoms with Crippen LogP contribution < -0.4 is 40.2 Å². The van der Waals surface area contributed by atoms with Crippen molar-refractivity contribution >= 4 is 51.3 Å². The largest absolute Gasteiger partial charge is 1.00 e. The normalized spacial score (nSPS) is 28.5. The van der Waals surface area contributed by atoms with Gasteiger partial charge in [-0.25, -0.2) is 4.57 Å². The van der Waals surface area contributed by atoms with Gasteiger partial charge in [0.15, 0.2) is 6.54 Å². The molecule has 5 aliphatic rings. The van der Waals surface area contributed by atoms with Crippen molar-refractivity contribution in [1.29, 1.82) is 0 Å². The van der Waals surface area contributed by atoms with E-state index in [0.29, 0.717) is 18.7 Å². The van der Waals surface area contributed by atoms with Gasteiger partial charge in [-0.15, -0.1) is 0 Å². The summed E-state index contributed by atoms with van der Waals surface area (Å²) < 4.78 is 6.19. The van der Waals surface area contributed by atoms with E-state index in [-0.39, 0.29) is 54.3 Å². The van der Waals surface area contributed by atoms with Gasteiger partial charge < -0.3 is 59.4 Å². The minimum Gasteiger partial charge on any atom is -1.00 e. The molecule has 3 aromatic rings. The number of thioether (sulfide) groups is 1. The van der Waals surface area contributed by atoms with E-state index in [2.05, 4.69) is 35.2 Å². The van der Waals surface area contributed by atoms with E-state index in [4.69, 9.17) is 5.73 Å². The number of carboxylic acid groups (broad SMARTS) is 1. The van der Waals surface area contributed by atoms with Crippen LogP contribution >= 0.6 is 23.1 Å². The summed E-state index contributed by atoms with van der Waals surface area (Å²) in [4.78, 5) is 39.8. The van der Waals surface area contributed by atoms with Crippen LogP contribution in [0.15, 0.2) is 47.5 Å². The van der Waals surface area contributed by atoms with Crippen molar-refractivity contribution in [3.63, 3.8) is 0 Å². The Morgan fingerprint density at radius 3 is 2.38 bits per heavy atom. The number of primary amides is 1. The maximum Gasteiger partial charge on any atom is 0.272 e. The second-order valence-electron chi connectivity index (χ2n) is 13.5. The number of aromatic nitrogens is 2. The number of benzene rings is 1. The van der Waals surface area contributed by atoms with Crippen LogP contribution in [0.25, 0.3) is 10.4 Å². The Kier molecular flexibility index (Phi) is 9.86. The lowest BCUT2D eigenvalue weighted by atomic mass is 9.77. The van der Waals surface area contributed by atoms with Crippen molar-refractivity contribution in [3.8, 4) is 0 Å². The number of carbonyl (C=O) groups is 3. The van der Waals surface area contributed by atoms with Crippen LogP contribution in [0.4, 0.5) is 0 Å². The molecule has 47 heavy (non-hydrogen) atoms. The molecule has 11 nitrogen and oxygen atoms in total. The number of aliphatic hydroxyl groups is 1. The number of quaternary nitrogens is 2. The number of rotatable bonds is 10. The van der Waals surface area contributed by atoms with Crippen LogP contribution in [0.2, 0.25) is 0 Å². The van der Waals surface area contributed by atoms with Gasteiger partial charge in [0.1, 0.15) is 58.6 Å². The van der Waals surface area contributed by atoms with Crippen LogP contribution in [0.5, 0.6) is 0 Å². The van der Waals surface area contributed by atoms with Gasteiger partial charge in [-0.1, -0.05) is 48.2 Å². The Balaban J connectivity index is 0.00000217. The molecular formula is C32H40Cl2N6O5S2. The van der Waals surface area contributed by atoms with E-state index in [9.17, 15) is 24.6 Å². The van der Waals surface area contributed by atoms with Crippen molar-refractivity contribution in [2.24, 2.45) is 17.6 Å². The fraction of sp³-hybridized carbons (Fsp3) is 0.500. The summed E-state index contributed by atoms with van der Waals surface area (Å²) in [6, 6.07) is 8.46. The molecule has 1 aromatic carbocycles. The number of β-lactam (4-membered cyclic amide) rings is 1. The molecule has 4 atom stereocenters. The van der Waals surface area contributed by atoms with Crippen molar-refractivity contribution in [2.45, 2.75) is 44.1 Å². The molecule has 8 rings (SSSR count). The Hall–Kier alpha value is -2.65. The number of amides is 2. The number of carbonyl (C=O) groups excluding carboxylic acids is 3. The highest BCUT2D eigenvalue weighted by Gasteiger charge is 2.59. The molecule has 3 N–H and O–H groups in total. The fourth-order valence-electron chi connectivity index (χ4n) is 8.42. The third kappa shape index (κ3) is 5.87. The lowest BCUT2D eigenvalue weighted by molar-refractivity contribution is -1.08. The number of nitrogens with two attached hydrogens (primary N) is 1. The molecule has 5 aliphatic heterocycles. The zero-order valence-electron chi connectivity index (χ0n) is 26.6. The molecule has 254 valence electrons. The quantitative estimate of drug-likeness (QED) is 0.0928. The van der Waals surface area contributed by atoms with Crippen molar-refractivity contribution in [1.82, 2.24) is 9.30 Å². The molecule has 2 amide bonds. The van der Waals surface area contributed by atoms with Crippen LogP contribution in [0.3, 0.4) is 0 Å². The SMILES string of the molecule is CSc1c2sc(C3=C(C(=O)[O-])N4C(=O)[C@H]([C@@H](C)O)[C@H]4[C@H]3C)cn2c[n+]1Cc1cccc(C[N+]23CC[N+](CC(N)=O)(CC2)CC3)c1.[Cl-].[Cl-]. The van der Waals surface area contributed by atoms with Crippen molar-refractivity contribution in [2.75, 3.05) is 52.1 Å². The van der Waals surface area contributed by atoms with Crippen LogP contribution in [0.1, 0.15) is 29.9 Å². The molecule has 2 aromatic heterocycles. The molecule has 15 heteroatoms. The average Bonchev–Trinajstić information content (AvgIpc) is 3.60. The number of nitrogens with zero attached hydrogens (tertiary/aromatic N) is 5. The summed E-state index contributed by atoms with van der Waals surface area (Å²) in [5.74, 6) is -2.77. The summed E-state index contributed by atoms with van der Waals surface area (Å²) in [5.41, 5.74) is 8.63. The zero-order valence-corrected chi connectivity index (χ0v) is 29.7. The molecule has 0 spiro atoms. The standard InChI is InChI=1S/C32H39N6O5S2.2ClH/c1-19-25(28(32(42)43)36-27(19)26(20(2)39)29(36)41)23-15-35-18-34(30(44-3)31(35)45-23)14-21-5-4-6-22(13-21)16-37-7-10-38(11-8-37,12-9-37)17-24(33)40;;/h4-6,13,15,18-20,26-27,39H,7-12,14,16-17H2,1-3H3,(H-2,33,40,42,43);2*1H/q+1;;/p-1/t19-,20+,26+,27+,37?,38?;;/m0../s1. The number of hydrogen-bond donors (Lipinski definition) is 2. The molecule has 0 unspecified atom stereocenters. The number of fused-ring (bicyclic) bond motifs is 5. The van der Waals surface area contributed by atoms with Crippen LogP contribution in [-0.2, 0) is 27.5 Å². The number of halogens is 2. The molecule has 4 saturated heterocycles. The number of imidazole rings is 1. The first-order valence-corrected chi connectivity index (χ1v) is 17.6. The molecular weight excluding hydrogens is 683 g/mol. The monoisotopic (exact) mass is 722 g/mol. The van der Waals surface area contributed by atoms with E-state index in [1.54, 1.807) is 18.7 Å². The maximum atomic E-state index is 12.8. The molecule has 0 saturated carbocycles. The first-order valence-electron chi connectivity index (χ1n) is 15.6. The van der Waals surface area contributed by atoms with Gasteiger partial charge in [-0.3, -0.25) is 9.59 Å². The first kappa shape index (κ1) is 35.7. The maximum absolute atomic E-state index is 12.8. The highest BCUT2D eigenvalue weighted by molar-refractivity contribution is 7.98. The van der Waals surface area contributed by atoms with Gasteiger partial charge in [-0.2, -0.15) is 4.40 Å². The second kappa shape index (κ2) is 13.0. The number of aliphatic carboxylic acids is 1. The highest BCUT2D eigenvalue weighted by Crippen LogP contribution is 2.51. The van der Waals surface area contributed by atoms with Gasteiger partial charge in [0, 0.05) is 17.1 Å². The van der Waals surface area contributed by atoms with Gasteiger partial charge in [0.2, 0.25) is 15.8 Å². The van der Waals surface area contributed by atoms with E-state index in [1.165, 1.54) is 27.4 Å². The first-order chi connectivity index (χ1) is 21.4. The van der Waals surface area contributed by atoms with Crippen LogP contribution in [-0.4, -0.2) is 105 Å². The fourth-order valence-corrected chi connectivity index (χ4v) is 10.6. The molecule has 4 fully saturated rings. The lowest BCUT2D eigenvalue weighted by Crippen LogP contribution is -3.00. The molecule has 2 bridgehead atoms. The smallest absolute Gasteiger partial charge is 0.272 e. The summed E-state index contributed by atoms with van der Waals surface area (Å²) >= 11 is 3.17. The highest BCUT2D eigenvalue weighted by atomic mass is 35.5. The number of carboxylic acids is 1. The third-order valence-corrected chi connectivity index (χ3v) is 12.8. The summed E-state index contributed by atoms with van der Waals surface area (Å²) in [6.45, 7) is 11.9. The molecule has 0 aliphatic carbocycles. The molecule has 0 radical (unpaired) electrons. The van der Waals surface area contributed by atoms with Gasteiger partial charge in [-0.05, 0) is 24.8 Å². The number of piperazine rings is 3. The van der Waals surface area contributed by atoms with Crippen molar-refractivity contribution in [3.05, 3.63) is 58.5 Å². The van der Waals surface area contributed by atoms with E-state index < -0.39 is 18.0 Å². The van der Waals surface area contributed by atoms with Crippen LogP contribution in [0, 0.1) is 11.8 Å². The Morgan fingerprint density at radius 1 is 1.15 bits per heavy atom. The van der Waals surface area contributed by atoms with E-state index in [0.717, 1.165) is 69.5 Å². The van der Waals surface area contributed by atoms with Gasteiger partial charge in [0.05, 0.1) is 34.6 Å². The number of aliphatic hydroxyl groups excluding tert-OH is 1. The average molecular weight is 724 g/mol. The van der Waals surface area contributed by atoms with Gasteiger partial charge in [0.25, 0.3) is 12.2 Å². The lowest BCUT2D eigenvalue weighted by Gasteiger charge is -2.55. The molecule has 7 heterocycles. The van der Waals surface area contributed by atoms with Crippen molar-refractivity contribution < 1.29 is 62.9 Å². The Bertz CT molecular complexity index is 1750. The minimum atomic E-state index is -1.36. The Labute approximate surface area is 294 Å².